The van der Waals surface area contributed by atoms with E-state index in [1.807, 2.05) is 0 Å². The molecule has 8 heteroatoms. The maximum absolute atomic E-state index is 9.76. The molecule has 1 aromatic carbocycles. The summed E-state index contributed by atoms with van der Waals surface area (Å²) in [6, 6.07) is 7.24. The van der Waals surface area contributed by atoms with Gasteiger partial charge < -0.3 is 32.3 Å². The molecule has 0 unspecified atom stereocenters. The number of carbonyl (C=O) groups is 2. The van der Waals surface area contributed by atoms with Crippen molar-refractivity contribution < 1.29 is 19.8 Å². The van der Waals surface area contributed by atoms with E-state index in [0.29, 0.717) is 0 Å². The predicted molar refractivity (Wildman–Crippen MR) is 85.3 cm³/mol. The van der Waals surface area contributed by atoms with Gasteiger partial charge in [0.05, 0.1) is 13.2 Å². The number of urea groups is 2. The number of amides is 4. The zero-order valence-electron chi connectivity index (χ0n) is 13.0. The van der Waals surface area contributed by atoms with Crippen molar-refractivity contribution >= 4 is 12.1 Å². The van der Waals surface area contributed by atoms with Crippen LogP contribution in [0.15, 0.2) is 24.3 Å². The second-order valence-electron chi connectivity index (χ2n) is 4.19. The lowest BCUT2D eigenvalue weighted by atomic mass is 10.2. The van der Waals surface area contributed by atoms with Crippen LogP contribution in [-0.2, 0) is 0 Å². The first-order valence-electron chi connectivity index (χ1n) is 6.65. The Hall–Kier alpha value is -2.32. The van der Waals surface area contributed by atoms with Gasteiger partial charge in [0.1, 0.15) is 0 Å². The predicted octanol–water partition coefficient (Wildman–Crippen LogP) is -0.403. The molecule has 1 rings (SSSR count). The van der Waals surface area contributed by atoms with Crippen molar-refractivity contribution in [2.45, 2.75) is 13.8 Å². The first-order valence-corrected chi connectivity index (χ1v) is 6.65. The summed E-state index contributed by atoms with van der Waals surface area (Å²) in [5, 5.41) is 20.5. The number of carbonyl (C=O) groups excluding carboxylic acids is 2. The molecule has 1 aromatic rings. The van der Waals surface area contributed by atoms with Crippen molar-refractivity contribution in [2.75, 3.05) is 26.3 Å². The van der Waals surface area contributed by atoms with Crippen LogP contribution in [0.1, 0.15) is 11.1 Å². The molecule has 0 aliphatic rings. The van der Waals surface area contributed by atoms with Crippen molar-refractivity contribution in [1.29, 1.82) is 0 Å². The number of aliphatic hydroxyl groups is 2. The Morgan fingerprint density at radius 2 is 1.32 bits per heavy atom. The number of hydrogen-bond donors (Lipinski definition) is 6. The minimum atomic E-state index is -0.603. The Bertz CT molecular complexity index is 392. The Morgan fingerprint density at radius 1 is 0.955 bits per heavy atom. The second kappa shape index (κ2) is 15.1. The van der Waals surface area contributed by atoms with E-state index in [4.69, 9.17) is 10.2 Å². The molecule has 0 heterocycles. The van der Waals surface area contributed by atoms with Gasteiger partial charge in [-0.3, -0.25) is 0 Å². The largest absolute Gasteiger partial charge is 0.395 e. The normalized spacial score (nSPS) is 8.55. The van der Waals surface area contributed by atoms with Crippen molar-refractivity contribution in [3.8, 4) is 0 Å². The maximum atomic E-state index is 9.76. The Morgan fingerprint density at radius 3 is 1.45 bits per heavy atom. The Labute approximate surface area is 130 Å². The van der Waals surface area contributed by atoms with Crippen molar-refractivity contribution in [3.05, 3.63) is 35.4 Å². The third-order valence-electron chi connectivity index (χ3n) is 2.00. The highest BCUT2D eigenvalue weighted by Crippen LogP contribution is 2.00. The van der Waals surface area contributed by atoms with Crippen LogP contribution in [0, 0.1) is 13.8 Å². The van der Waals surface area contributed by atoms with Gasteiger partial charge in [0.15, 0.2) is 0 Å². The lowest BCUT2D eigenvalue weighted by Gasteiger charge is -1.92. The van der Waals surface area contributed by atoms with E-state index in [1.165, 1.54) is 11.1 Å². The van der Waals surface area contributed by atoms with Crippen molar-refractivity contribution in [3.63, 3.8) is 0 Å². The highest BCUT2D eigenvalue weighted by Gasteiger charge is 1.85. The number of nitrogens with one attached hydrogen (secondary N) is 2. The summed E-state index contributed by atoms with van der Waals surface area (Å²) >= 11 is 0. The number of hydrogen-bond acceptors (Lipinski definition) is 4. The van der Waals surface area contributed by atoms with Crippen LogP contribution < -0.4 is 22.1 Å². The number of nitrogens with two attached hydrogens (primary N) is 2. The molecule has 0 atom stereocenters. The third kappa shape index (κ3) is 20.0. The van der Waals surface area contributed by atoms with Gasteiger partial charge in [0, 0.05) is 13.1 Å². The monoisotopic (exact) mass is 314 g/mol. The molecule has 0 bridgehead atoms. The summed E-state index contributed by atoms with van der Waals surface area (Å²) in [7, 11) is 0. The zero-order valence-corrected chi connectivity index (χ0v) is 13.0. The van der Waals surface area contributed by atoms with Crippen LogP contribution in [0.5, 0.6) is 0 Å². The summed E-state index contributed by atoms with van der Waals surface area (Å²) in [6.45, 7) is 4.54. The summed E-state index contributed by atoms with van der Waals surface area (Å²) in [5.74, 6) is 0. The van der Waals surface area contributed by atoms with Crippen LogP contribution in [-0.4, -0.2) is 48.6 Å². The van der Waals surface area contributed by atoms with Gasteiger partial charge >= 0.3 is 12.1 Å². The van der Waals surface area contributed by atoms with Gasteiger partial charge in [-0.1, -0.05) is 35.4 Å². The van der Waals surface area contributed by atoms with E-state index in [9.17, 15) is 9.59 Å². The lowest BCUT2D eigenvalue weighted by molar-refractivity contribution is 0.241. The van der Waals surface area contributed by atoms with E-state index in [-0.39, 0.29) is 26.3 Å². The number of aryl methyl sites for hydroxylation is 2. The molecule has 8 N–H and O–H groups in total. The van der Waals surface area contributed by atoms with Crippen LogP contribution in [0.4, 0.5) is 9.59 Å². The molecule has 4 amide bonds. The minimum absolute atomic E-state index is 0.0665. The molecule has 0 aromatic heterocycles. The van der Waals surface area contributed by atoms with E-state index >= 15 is 0 Å². The molecule has 0 radical (unpaired) electrons. The quantitative estimate of drug-likeness (QED) is 0.448. The SMILES string of the molecule is Cc1cccc(C)c1.NC(=O)NCCO.NC(=O)NCCO. The smallest absolute Gasteiger partial charge is 0.312 e. The van der Waals surface area contributed by atoms with Gasteiger partial charge in [0.2, 0.25) is 0 Å². The summed E-state index contributed by atoms with van der Waals surface area (Å²) in [4.78, 5) is 19.5. The summed E-state index contributed by atoms with van der Waals surface area (Å²) in [6.07, 6.45) is 0. The molecule has 8 nitrogen and oxygen atoms in total. The molecule has 0 saturated carbocycles. The Kier molecular flexibility index (Phi) is 15.1. The van der Waals surface area contributed by atoms with Gasteiger partial charge in [-0.15, -0.1) is 0 Å². The minimum Gasteiger partial charge on any atom is -0.395 e. The van der Waals surface area contributed by atoms with E-state index in [2.05, 4.69) is 60.2 Å². The third-order valence-corrected chi connectivity index (χ3v) is 2.00. The van der Waals surface area contributed by atoms with Crippen LogP contribution in [0.3, 0.4) is 0 Å². The average Bonchev–Trinajstić information content (AvgIpc) is 2.44. The van der Waals surface area contributed by atoms with Crippen molar-refractivity contribution in [1.82, 2.24) is 10.6 Å². The van der Waals surface area contributed by atoms with Crippen LogP contribution >= 0.6 is 0 Å². The van der Waals surface area contributed by atoms with E-state index in [0.717, 1.165) is 0 Å². The molecule has 0 fully saturated rings. The first-order chi connectivity index (χ1) is 10.3. The standard InChI is InChI=1S/C8H10.2C3H8N2O2/c1-7-4-3-5-8(2)6-7;2*4-3(7)5-1-2-6/h3-6H,1-2H3;2*6H,1-2H2,(H3,4,5,7). The molecule has 0 aliphatic carbocycles. The topological polar surface area (TPSA) is 151 Å². The molecule has 0 aliphatic heterocycles. The lowest BCUT2D eigenvalue weighted by Crippen LogP contribution is -2.31. The molecule has 0 spiro atoms. The second-order valence-corrected chi connectivity index (χ2v) is 4.19. The highest BCUT2D eigenvalue weighted by atomic mass is 16.3. The molecule has 0 saturated heterocycles. The van der Waals surface area contributed by atoms with Crippen LogP contribution in [0.2, 0.25) is 0 Å². The zero-order chi connectivity index (χ0) is 17.4. The number of primary amides is 2. The molecule has 22 heavy (non-hydrogen) atoms. The number of benzene rings is 1. The molecular weight excluding hydrogens is 288 g/mol. The van der Waals surface area contributed by atoms with Gasteiger partial charge in [0.25, 0.3) is 0 Å². The molecular formula is C14H26N4O4. The van der Waals surface area contributed by atoms with Crippen LogP contribution in [0.25, 0.3) is 0 Å². The van der Waals surface area contributed by atoms with Gasteiger partial charge in [-0.05, 0) is 13.8 Å². The average molecular weight is 314 g/mol. The van der Waals surface area contributed by atoms with Gasteiger partial charge in [-0.25, -0.2) is 9.59 Å². The fourth-order valence-electron chi connectivity index (χ4n) is 1.17. The highest BCUT2D eigenvalue weighted by molar-refractivity contribution is 5.71. The number of rotatable bonds is 4. The van der Waals surface area contributed by atoms with E-state index in [1.54, 1.807) is 0 Å². The fourth-order valence-corrected chi connectivity index (χ4v) is 1.17. The fraction of sp³-hybridized carbons (Fsp3) is 0.429. The Balaban J connectivity index is 0. The first kappa shape index (κ1) is 22.0. The summed E-state index contributed by atoms with van der Waals surface area (Å²) < 4.78 is 0. The number of aliphatic hydroxyl groups excluding tert-OH is 2. The molecule has 126 valence electrons. The van der Waals surface area contributed by atoms with E-state index < -0.39 is 12.1 Å². The summed E-state index contributed by atoms with van der Waals surface area (Å²) in [5.41, 5.74) is 11.9. The maximum Gasteiger partial charge on any atom is 0.312 e. The van der Waals surface area contributed by atoms with Gasteiger partial charge in [-0.2, -0.15) is 0 Å². The van der Waals surface area contributed by atoms with Crippen molar-refractivity contribution in [2.24, 2.45) is 11.5 Å².